The number of carbonyl (C=O) groups is 1. The minimum absolute atomic E-state index is 0.203. The van der Waals surface area contributed by atoms with E-state index in [0.717, 1.165) is 36.4 Å². The van der Waals surface area contributed by atoms with Crippen LogP contribution in [-0.2, 0) is 4.79 Å². The van der Waals surface area contributed by atoms with Crippen molar-refractivity contribution in [1.29, 1.82) is 0 Å². The first-order chi connectivity index (χ1) is 7.49. The maximum absolute atomic E-state index is 12.1. The summed E-state index contributed by atoms with van der Waals surface area (Å²) >= 11 is 0. The van der Waals surface area contributed by atoms with Crippen molar-refractivity contribution in [2.24, 2.45) is 5.41 Å². The highest BCUT2D eigenvalue weighted by molar-refractivity contribution is 6.03. The van der Waals surface area contributed by atoms with E-state index in [9.17, 15) is 4.79 Å². The first-order valence-electron chi connectivity index (χ1n) is 5.81. The highest BCUT2D eigenvalue weighted by Crippen LogP contribution is 2.35. The number of aryl methyl sites for hydroxylation is 1. The minimum Gasteiger partial charge on any atom is -0.462 e. The van der Waals surface area contributed by atoms with Crippen LogP contribution in [0.2, 0.25) is 0 Å². The second-order valence-corrected chi connectivity index (χ2v) is 5.18. The van der Waals surface area contributed by atoms with Gasteiger partial charge >= 0.3 is 0 Å². The lowest BCUT2D eigenvalue weighted by Gasteiger charge is -2.29. The van der Waals surface area contributed by atoms with E-state index in [0.29, 0.717) is 0 Å². The molecule has 0 bridgehead atoms. The zero-order valence-electron chi connectivity index (χ0n) is 10.2. The van der Waals surface area contributed by atoms with Gasteiger partial charge in [-0.2, -0.15) is 0 Å². The maximum Gasteiger partial charge on any atom is 0.164 e. The summed E-state index contributed by atoms with van der Waals surface area (Å²) in [5.41, 5.74) is 0.705. The molecule has 0 aromatic carbocycles. The molecule has 1 aliphatic rings. The number of carbonyl (C=O) groups excluding carboxylic acids is 1. The summed E-state index contributed by atoms with van der Waals surface area (Å²) < 4.78 is 5.47. The number of hydrogen-bond acceptors (Lipinski definition) is 2. The summed E-state index contributed by atoms with van der Waals surface area (Å²) in [6, 6.07) is 3.84. The highest BCUT2D eigenvalue weighted by atomic mass is 16.3. The average molecular weight is 218 g/mol. The van der Waals surface area contributed by atoms with Gasteiger partial charge in [-0.3, -0.25) is 4.79 Å². The molecule has 1 aromatic heterocycles. The summed E-state index contributed by atoms with van der Waals surface area (Å²) in [5, 5.41) is 0. The van der Waals surface area contributed by atoms with Gasteiger partial charge in [0.1, 0.15) is 11.5 Å². The summed E-state index contributed by atoms with van der Waals surface area (Å²) in [6.45, 7) is 5.96. The van der Waals surface area contributed by atoms with Crippen LogP contribution in [0.3, 0.4) is 0 Å². The predicted octanol–water partition coefficient (Wildman–Crippen LogP) is 3.75. The van der Waals surface area contributed by atoms with Crippen LogP contribution in [0.5, 0.6) is 0 Å². The fourth-order valence-electron chi connectivity index (χ4n) is 2.22. The van der Waals surface area contributed by atoms with Crippen molar-refractivity contribution in [2.75, 3.05) is 0 Å². The van der Waals surface area contributed by atoms with Gasteiger partial charge in [-0.15, -0.1) is 0 Å². The molecule has 86 valence electrons. The van der Waals surface area contributed by atoms with E-state index < -0.39 is 0 Å². The Kier molecular flexibility index (Phi) is 2.75. The van der Waals surface area contributed by atoms with E-state index in [-0.39, 0.29) is 11.2 Å². The quantitative estimate of drug-likeness (QED) is 0.672. The van der Waals surface area contributed by atoms with Crippen molar-refractivity contribution in [2.45, 2.75) is 40.0 Å². The fourth-order valence-corrected chi connectivity index (χ4v) is 2.22. The number of allylic oxidation sites excluding steroid dienone is 1. The Morgan fingerprint density at radius 2 is 2.12 bits per heavy atom. The molecule has 0 amide bonds. The molecule has 2 heteroatoms. The van der Waals surface area contributed by atoms with Crippen LogP contribution in [0.4, 0.5) is 0 Å². The van der Waals surface area contributed by atoms with Gasteiger partial charge in [0.25, 0.3) is 0 Å². The Morgan fingerprint density at radius 1 is 1.38 bits per heavy atom. The number of furan rings is 1. The Bertz CT molecular complexity index is 435. The molecule has 0 radical (unpaired) electrons. The van der Waals surface area contributed by atoms with Crippen molar-refractivity contribution in [3.05, 3.63) is 29.2 Å². The summed E-state index contributed by atoms with van der Waals surface area (Å²) in [6.07, 6.45) is 4.85. The van der Waals surface area contributed by atoms with Gasteiger partial charge in [0.2, 0.25) is 0 Å². The second-order valence-electron chi connectivity index (χ2n) is 5.18. The lowest BCUT2D eigenvalue weighted by molar-refractivity contribution is -0.124. The molecule has 2 nitrogen and oxygen atoms in total. The Labute approximate surface area is 96.3 Å². The molecule has 1 fully saturated rings. The predicted molar refractivity (Wildman–Crippen MR) is 64.1 cm³/mol. The van der Waals surface area contributed by atoms with Gasteiger partial charge in [-0.25, -0.2) is 0 Å². The van der Waals surface area contributed by atoms with E-state index in [1.165, 1.54) is 0 Å². The van der Waals surface area contributed by atoms with E-state index in [1.54, 1.807) is 0 Å². The Hall–Kier alpha value is -1.31. The molecule has 0 aliphatic heterocycles. The Morgan fingerprint density at radius 3 is 2.75 bits per heavy atom. The van der Waals surface area contributed by atoms with Crippen molar-refractivity contribution in [3.63, 3.8) is 0 Å². The van der Waals surface area contributed by atoms with E-state index in [4.69, 9.17) is 4.42 Å². The SMILES string of the molecule is Cc1ccc(C=C2CCCC(C)(C)C2=O)o1. The van der Waals surface area contributed by atoms with Crippen molar-refractivity contribution < 1.29 is 9.21 Å². The molecule has 1 aliphatic carbocycles. The van der Waals surface area contributed by atoms with Crippen molar-refractivity contribution >= 4 is 11.9 Å². The topological polar surface area (TPSA) is 30.2 Å². The molecule has 0 atom stereocenters. The first-order valence-corrected chi connectivity index (χ1v) is 5.81. The molecule has 1 aromatic rings. The number of hydrogen-bond donors (Lipinski definition) is 0. The van der Waals surface area contributed by atoms with Gasteiger partial charge < -0.3 is 4.42 Å². The molecule has 1 heterocycles. The van der Waals surface area contributed by atoms with Gasteiger partial charge in [0.15, 0.2) is 5.78 Å². The van der Waals surface area contributed by atoms with Gasteiger partial charge in [-0.05, 0) is 50.0 Å². The van der Waals surface area contributed by atoms with Gasteiger partial charge in [0.05, 0.1) is 0 Å². The molecular weight excluding hydrogens is 200 g/mol. The third-order valence-electron chi connectivity index (χ3n) is 3.23. The number of rotatable bonds is 1. The lowest BCUT2D eigenvalue weighted by Crippen LogP contribution is -2.29. The largest absolute Gasteiger partial charge is 0.462 e. The van der Waals surface area contributed by atoms with Crippen LogP contribution < -0.4 is 0 Å². The van der Waals surface area contributed by atoms with E-state index >= 15 is 0 Å². The normalized spacial score (nSPS) is 22.7. The van der Waals surface area contributed by atoms with Crippen LogP contribution in [0.1, 0.15) is 44.6 Å². The third-order valence-corrected chi connectivity index (χ3v) is 3.23. The first kappa shape index (κ1) is 11.2. The fraction of sp³-hybridized carbons (Fsp3) is 0.500. The zero-order chi connectivity index (χ0) is 11.8. The third kappa shape index (κ3) is 2.11. The lowest BCUT2D eigenvalue weighted by atomic mass is 9.74. The monoisotopic (exact) mass is 218 g/mol. The summed E-state index contributed by atoms with van der Waals surface area (Å²) in [5.74, 6) is 1.95. The van der Waals surface area contributed by atoms with E-state index in [1.807, 2.05) is 39.0 Å². The minimum atomic E-state index is -0.203. The van der Waals surface area contributed by atoms with Crippen molar-refractivity contribution in [1.82, 2.24) is 0 Å². The molecule has 16 heavy (non-hydrogen) atoms. The smallest absolute Gasteiger partial charge is 0.164 e. The maximum atomic E-state index is 12.1. The number of Topliss-reactive ketones (excluding diaryl/α,β-unsaturated/α-hetero) is 1. The molecule has 0 unspecified atom stereocenters. The summed E-state index contributed by atoms with van der Waals surface area (Å²) in [4.78, 5) is 12.1. The summed E-state index contributed by atoms with van der Waals surface area (Å²) in [7, 11) is 0. The van der Waals surface area contributed by atoms with Crippen LogP contribution >= 0.6 is 0 Å². The van der Waals surface area contributed by atoms with Crippen LogP contribution in [0, 0.1) is 12.3 Å². The second kappa shape index (κ2) is 3.93. The van der Waals surface area contributed by atoms with Crippen LogP contribution in [0.25, 0.3) is 6.08 Å². The zero-order valence-corrected chi connectivity index (χ0v) is 10.2. The van der Waals surface area contributed by atoms with E-state index in [2.05, 4.69) is 0 Å². The van der Waals surface area contributed by atoms with Gasteiger partial charge in [0, 0.05) is 5.41 Å². The molecule has 1 saturated carbocycles. The average Bonchev–Trinajstić information content (AvgIpc) is 2.59. The van der Waals surface area contributed by atoms with Crippen LogP contribution in [-0.4, -0.2) is 5.78 Å². The van der Waals surface area contributed by atoms with Crippen molar-refractivity contribution in [3.8, 4) is 0 Å². The molecule has 0 N–H and O–H groups in total. The molecule has 2 rings (SSSR count). The standard InChI is InChI=1S/C14H18O2/c1-10-6-7-12(16-10)9-11-5-4-8-14(2,3)13(11)15/h6-7,9H,4-5,8H2,1-3H3. The Balaban J connectivity index is 2.27. The highest BCUT2D eigenvalue weighted by Gasteiger charge is 2.33. The molecule has 0 spiro atoms. The molecular formula is C14H18O2. The van der Waals surface area contributed by atoms with Gasteiger partial charge in [-0.1, -0.05) is 13.8 Å². The van der Waals surface area contributed by atoms with Crippen LogP contribution in [0.15, 0.2) is 22.1 Å². The molecule has 0 saturated heterocycles. The number of ketones is 1.